The lowest BCUT2D eigenvalue weighted by Crippen LogP contribution is -2.40. The summed E-state index contributed by atoms with van der Waals surface area (Å²) < 4.78 is 0. The van der Waals surface area contributed by atoms with E-state index in [0.29, 0.717) is 6.54 Å². The van der Waals surface area contributed by atoms with E-state index in [-0.39, 0.29) is 23.7 Å². The third-order valence-corrected chi connectivity index (χ3v) is 4.69. The predicted molar refractivity (Wildman–Crippen MR) is 72.4 cm³/mol. The van der Waals surface area contributed by atoms with Gasteiger partial charge in [0.2, 0.25) is 11.8 Å². The molecule has 1 aliphatic carbocycles. The second kappa shape index (κ2) is 5.45. The summed E-state index contributed by atoms with van der Waals surface area (Å²) in [6.07, 6.45) is 9.38. The van der Waals surface area contributed by atoms with Crippen LogP contribution in [0.3, 0.4) is 0 Å². The van der Waals surface area contributed by atoms with E-state index in [0.717, 1.165) is 32.5 Å². The Labute approximate surface area is 114 Å². The number of amides is 2. The van der Waals surface area contributed by atoms with E-state index < -0.39 is 0 Å². The standard InChI is InChI=1S/C15H22N2O2/c18-14-12-6-2-3-7-13(12)15(19)17(14)11-10-16-8-4-1-5-9-16/h2-3,12-13H,1,4-11H2. The number of carbonyl (C=O) groups is 2. The Bertz CT molecular complexity index is 373. The van der Waals surface area contributed by atoms with E-state index >= 15 is 0 Å². The monoisotopic (exact) mass is 262 g/mol. The lowest BCUT2D eigenvalue weighted by atomic mass is 9.85. The number of imide groups is 1. The van der Waals surface area contributed by atoms with Gasteiger partial charge in [-0.25, -0.2) is 0 Å². The summed E-state index contributed by atoms with van der Waals surface area (Å²) in [6.45, 7) is 3.67. The minimum Gasteiger partial charge on any atom is -0.302 e. The van der Waals surface area contributed by atoms with Crippen LogP contribution in [0.25, 0.3) is 0 Å². The van der Waals surface area contributed by atoms with Crippen molar-refractivity contribution in [2.75, 3.05) is 26.2 Å². The van der Waals surface area contributed by atoms with E-state index in [4.69, 9.17) is 0 Å². The van der Waals surface area contributed by atoms with Gasteiger partial charge < -0.3 is 4.90 Å². The topological polar surface area (TPSA) is 40.6 Å². The Hall–Kier alpha value is -1.16. The first kappa shape index (κ1) is 12.9. The van der Waals surface area contributed by atoms with Crippen LogP contribution in [0.2, 0.25) is 0 Å². The molecule has 2 amide bonds. The predicted octanol–water partition coefficient (Wildman–Crippen LogP) is 1.42. The van der Waals surface area contributed by atoms with Crippen LogP contribution in [0, 0.1) is 11.8 Å². The Morgan fingerprint density at radius 1 is 0.895 bits per heavy atom. The highest BCUT2D eigenvalue weighted by Gasteiger charge is 2.46. The van der Waals surface area contributed by atoms with Crippen molar-refractivity contribution in [3.05, 3.63) is 12.2 Å². The number of nitrogens with zero attached hydrogens (tertiary/aromatic N) is 2. The molecule has 2 aliphatic heterocycles. The van der Waals surface area contributed by atoms with Crippen molar-refractivity contribution in [2.45, 2.75) is 32.1 Å². The smallest absolute Gasteiger partial charge is 0.233 e. The highest BCUT2D eigenvalue weighted by Crippen LogP contribution is 2.34. The molecule has 2 unspecified atom stereocenters. The number of likely N-dealkylation sites (tertiary alicyclic amines) is 2. The van der Waals surface area contributed by atoms with Crippen LogP contribution in [-0.4, -0.2) is 47.8 Å². The summed E-state index contributed by atoms with van der Waals surface area (Å²) in [7, 11) is 0. The number of piperidine rings is 1. The number of hydrogen-bond acceptors (Lipinski definition) is 3. The summed E-state index contributed by atoms with van der Waals surface area (Å²) in [5, 5.41) is 0. The molecule has 0 aromatic carbocycles. The molecule has 0 bridgehead atoms. The maximum Gasteiger partial charge on any atom is 0.233 e. The van der Waals surface area contributed by atoms with Gasteiger partial charge in [-0.3, -0.25) is 14.5 Å². The molecule has 4 nitrogen and oxygen atoms in total. The second-order valence-electron chi connectivity index (χ2n) is 5.89. The quantitative estimate of drug-likeness (QED) is 0.570. The van der Waals surface area contributed by atoms with E-state index in [2.05, 4.69) is 4.90 Å². The molecule has 2 fully saturated rings. The van der Waals surface area contributed by atoms with Crippen LogP contribution in [0.4, 0.5) is 0 Å². The highest BCUT2D eigenvalue weighted by atomic mass is 16.2. The Balaban J connectivity index is 1.59. The number of hydrogen-bond donors (Lipinski definition) is 0. The van der Waals surface area contributed by atoms with Crippen molar-refractivity contribution in [1.82, 2.24) is 9.80 Å². The molecule has 0 saturated carbocycles. The van der Waals surface area contributed by atoms with Crippen molar-refractivity contribution in [1.29, 1.82) is 0 Å². The third kappa shape index (κ3) is 2.46. The Morgan fingerprint density at radius 3 is 2.05 bits per heavy atom. The van der Waals surface area contributed by atoms with Crippen LogP contribution < -0.4 is 0 Å². The fourth-order valence-electron chi connectivity index (χ4n) is 3.51. The van der Waals surface area contributed by atoms with Gasteiger partial charge in [0.1, 0.15) is 0 Å². The van der Waals surface area contributed by atoms with E-state index in [1.807, 2.05) is 12.2 Å². The third-order valence-electron chi connectivity index (χ3n) is 4.69. The van der Waals surface area contributed by atoms with Gasteiger partial charge in [-0.15, -0.1) is 0 Å². The minimum atomic E-state index is -0.0705. The maximum atomic E-state index is 12.3. The van der Waals surface area contributed by atoms with Crippen molar-refractivity contribution in [2.24, 2.45) is 11.8 Å². The van der Waals surface area contributed by atoms with Gasteiger partial charge in [0.25, 0.3) is 0 Å². The summed E-state index contributed by atoms with van der Waals surface area (Å²) in [4.78, 5) is 28.5. The number of carbonyl (C=O) groups excluding carboxylic acids is 2. The van der Waals surface area contributed by atoms with Gasteiger partial charge in [0.15, 0.2) is 0 Å². The van der Waals surface area contributed by atoms with Gasteiger partial charge in [-0.05, 0) is 38.8 Å². The second-order valence-corrected chi connectivity index (χ2v) is 5.89. The molecule has 2 saturated heterocycles. The van der Waals surface area contributed by atoms with Crippen LogP contribution in [0.1, 0.15) is 32.1 Å². The highest BCUT2D eigenvalue weighted by molar-refractivity contribution is 6.05. The zero-order valence-corrected chi connectivity index (χ0v) is 11.4. The van der Waals surface area contributed by atoms with E-state index in [9.17, 15) is 9.59 Å². The fraction of sp³-hybridized carbons (Fsp3) is 0.733. The molecule has 4 heteroatoms. The molecule has 19 heavy (non-hydrogen) atoms. The van der Waals surface area contributed by atoms with Gasteiger partial charge in [-0.2, -0.15) is 0 Å². The summed E-state index contributed by atoms with van der Waals surface area (Å²) in [6, 6.07) is 0. The Morgan fingerprint density at radius 2 is 1.47 bits per heavy atom. The van der Waals surface area contributed by atoms with Crippen molar-refractivity contribution in [3.63, 3.8) is 0 Å². The first-order chi connectivity index (χ1) is 9.27. The first-order valence-corrected chi connectivity index (χ1v) is 7.50. The summed E-state index contributed by atoms with van der Waals surface area (Å²) in [5.41, 5.74) is 0. The largest absolute Gasteiger partial charge is 0.302 e. The van der Waals surface area contributed by atoms with Crippen LogP contribution in [-0.2, 0) is 9.59 Å². The molecular weight excluding hydrogens is 240 g/mol. The lowest BCUT2D eigenvalue weighted by molar-refractivity contribution is -0.140. The molecule has 3 aliphatic rings. The van der Waals surface area contributed by atoms with Crippen LogP contribution in [0.5, 0.6) is 0 Å². The number of rotatable bonds is 3. The molecule has 0 aromatic heterocycles. The molecule has 3 rings (SSSR count). The average molecular weight is 262 g/mol. The van der Waals surface area contributed by atoms with Gasteiger partial charge in [0, 0.05) is 13.1 Å². The van der Waals surface area contributed by atoms with Crippen molar-refractivity contribution >= 4 is 11.8 Å². The van der Waals surface area contributed by atoms with Gasteiger partial charge in [0.05, 0.1) is 11.8 Å². The fourth-order valence-corrected chi connectivity index (χ4v) is 3.51. The van der Waals surface area contributed by atoms with Crippen LogP contribution >= 0.6 is 0 Å². The van der Waals surface area contributed by atoms with E-state index in [1.54, 1.807) is 0 Å². The molecule has 2 atom stereocenters. The number of fused-ring (bicyclic) bond motifs is 1. The molecule has 2 heterocycles. The zero-order valence-electron chi connectivity index (χ0n) is 11.4. The number of allylic oxidation sites excluding steroid dienone is 2. The SMILES string of the molecule is O=C1C2CC=CCC2C(=O)N1CCN1CCCCC1. The van der Waals surface area contributed by atoms with Gasteiger partial charge in [-0.1, -0.05) is 18.6 Å². The first-order valence-electron chi connectivity index (χ1n) is 7.50. The lowest BCUT2D eigenvalue weighted by Gasteiger charge is -2.28. The average Bonchev–Trinajstić information content (AvgIpc) is 2.71. The molecule has 0 spiro atoms. The molecule has 104 valence electrons. The molecule has 0 aromatic rings. The van der Waals surface area contributed by atoms with E-state index in [1.165, 1.54) is 24.2 Å². The summed E-state index contributed by atoms with van der Waals surface area (Å²) in [5.74, 6) is -0.00886. The summed E-state index contributed by atoms with van der Waals surface area (Å²) >= 11 is 0. The van der Waals surface area contributed by atoms with Crippen LogP contribution in [0.15, 0.2) is 12.2 Å². The maximum absolute atomic E-state index is 12.3. The minimum absolute atomic E-state index is 0.0661. The van der Waals surface area contributed by atoms with Gasteiger partial charge >= 0.3 is 0 Å². The zero-order chi connectivity index (χ0) is 13.2. The van der Waals surface area contributed by atoms with Crippen molar-refractivity contribution < 1.29 is 9.59 Å². The van der Waals surface area contributed by atoms with Crippen molar-refractivity contribution in [3.8, 4) is 0 Å². The molecular formula is C15H22N2O2. The molecule has 0 N–H and O–H groups in total. The molecule has 0 radical (unpaired) electrons. The Kier molecular flexibility index (Phi) is 3.69. The normalized spacial score (nSPS) is 31.9.